The molecule has 1 saturated carbocycles. The summed E-state index contributed by atoms with van der Waals surface area (Å²) < 4.78 is 5.46. The number of rotatable bonds is 1. The summed E-state index contributed by atoms with van der Waals surface area (Å²) in [5.74, 6) is 0.293. The Morgan fingerprint density at radius 3 is 2.86 bits per heavy atom. The van der Waals surface area contributed by atoms with Crippen molar-refractivity contribution in [2.75, 3.05) is 0 Å². The molecule has 0 spiro atoms. The molecule has 1 aliphatic heterocycles. The maximum atomic E-state index is 11.4. The van der Waals surface area contributed by atoms with Gasteiger partial charge in [0.05, 0.1) is 6.42 Å². The molecule has 2 aliphatic rings. The summed E-state index contributed by atoms with van der Waals surface area (Å²) in [4.78, 5) is 11.4. The van der Waals surface area contributed by atoms with Gasteiger partial charge in [-0.25, -0.2) is 0 Å². The minimum absolute atomic E-state index is 0.0347. The molecule has 0 aromatic heterocycles. The maximum Gasteiger partial charge on any atom is 0.306 e. The number of allylic oxidation sites excluding steroid dienone is 1. The van der Waals surface area contributed by atoms with Crippen molar-refractivity contribution in [3.63, 3.8) is 0 Å². The SMILES string of the molecule is C=C[C@]1(C)CCC[C@]2(C)OC(=O)C[C@@H]12. The third kappa shape index (κ3) is 1.20. The molecule has 1 heterocycles. The van der Waals surface area contributed by atoms with E-state index in [4.69, 9.17) is 4.74 Å². The first-order chi connectivity index (χ1) is 6.50. The first kappa shape index (κ1) is 9.75. The fourth-order valence-corrected chi connectivity index (χ4v) is 3.15. The predicted molar refractivity (Wildman–Crippen MR) is 54.8 cm³/mol. The molecule has 2 fully saturated rings. The topological polar surface area (TPSA) is 26.3 Å². The molecule has 1 saturated heterocycles. The van der Waals surface area contributed by atoms with E-state index in [9.17, 15) is 4.79 Å². The van der Waals surface area contributed by atoms with E-state index in [1.54, 1.807) is 0 Å². The zero-order valence-electron chi connectivity index (χ0n) is 9.01. The van der Waals surface area contributed by atoms with Gasteiger partial charge in [-0.2, -0.15) is 0 Å². The lowest BCUT2D eigenvalue weighted by Crippen LogP contribution is -2.44. The molecule has 3 atom stereocenters. The average molecular weight is 194 g/mol. The Balaban J connectivity index is 2.34. The van der Waals surface area contributed by atoms with Crippen molar-refractivity contribution < 1.29 is 9.53 Å². The number of ether oxygens (including phenoxy) is 1. The normalized spacial score (nSPS) is 47.0. The van der Waals surface area contributed by atoms with E-state index >= 15 is 0 Å². The number of hydrogen-bond donors (Lipinski definition) is 0. The molecule has 0 amide bonds. The summed E-state index contributed by atoms with van der Waals surface area (Å²) in [6, 6.07) is 0. The van der Waals surface area contributed by atoms with Crippen molar-refractivity contribution in [2.24, 2.45) is 11.3 Å². The zero-order valence-corrected chi connectivity index (χ0v) is 9.01. The van der Waals surface area contributed by atoms with Crippen LogP contribution in [0.25, 0.3) is 0 Å². The Morgan fingerprint density at radius 2 is 2.21 bits per heavy atom. The van der Waals surface area contributed by atoms with Crippen LogP contribution < -0.4 is 0 Å². The Labute approximate surface area is 85.3 Å². The van der Waals surface area contributed by atoms with Gasteiger partial charge in [0.15, 0.2) is 0 Å². The standard InChI is InChI=1S/C12H18O2/c1-4-11(2)6-5-7-12(3)9(11)8-10(13)14-12/h4,9H,1,5-8H2,2-3H3/t9-,11+,12-/m0/s1. The van der Waals surface area contributed by atoms with Crippen molar-refractivity contribution in [3.8, 4) is 0 Å². The van der Waals surface area contributed by atoms with Crippen LogP contribution in [0.3, 0.4) is 0 Å². The molecular weight excluding hydrogens is 176 g/mol. The van der Waals surface area contributed by atoms with Gasteiger partial charge in [0.1, 0.15) is 5.60 Å². The molecule has 2 nitrogen and oxygen atoms in total. The summed E-state index contributed by atoms with van der Waals surface area (Å²) in [6.07, 6.45) is 5.85. The van der Waals surface area contributed by atoms with E-state index in [1.165, 1.54) is 0 Å². The van der Waals surface area contributed by atoms with Gasteiger partial charge in [-0.1, -0.05) is 13.0 Å². The molecular formula is C12H18O2. The Hall–Kier alpha value is -0.790. The summed E-state index contributed by atoms with van der Waals surface area (Å²) in [7, 11) is 0. The second kappa shape index (κ2) is 2.85. The fourth-order valence-electron chi connectivity index (χ4n) is 3.15. The average Bonchev–Trinajstić information content (AvgIpc) is 2.42. The van der Waals surface area contributed by atoms with Gasteiger partial charge >= 0.3 is 5.97 Å². The van der Waals surface area contributed by atoms with Gasteiger partial charge in [-0.15, -0.1) is 6.58 Å². The molecule has 0 bridgehead atoms. The van der Waals surface area contributed by atoms with E-state index in [-0.39, 0.29) is 17.0 Å². The molecule has 0 aromatic carbocycles. The molecule has 14 heavy (non-hydrogen) atoms. The summed E-state index contributed by atoms with van der Waals surface area (Å²) in [5, 5.41) is 0. The smallest absolute Gasteiger partial charge is 0.306 e. The van der Waals surface area contributed by atoms with Crippen LogP contribution in [0.4, 0.5) is 0 Å². The second-order valence-corrected chi connectivity index (χ2v) is 5.11. The Morgan fingerprint density at radius 1 is 1.50 bits per heavy atom. The van der Waals surface area contributed by atoms with Crippen LogP contribution in [-0.2, 0) is 9.53 Å². The molecule has 2 rings (SSSR count). The monoisotopic (exact) mass is 194 g/mol. The van der Waals surface area contributed by atoms with E-state index < -0.39 is 0 Å². The lowest BCUT2D eigenvalue weighted by molar-refractivity contribution is -0.151. The van der Waals surface area contributed by atoms with Gasteiger partial charge in [0.2, 0.25) is 0 Å². The van der Waals surface area contributed by atoms with E-state index in [0.29, 0.717) is 12.3 Å². The zero-order chi connectivity index (χ0) is 10.4. The maximum absolute atomic E-state index is 11.4. The van der Waals surface area contributed by atoms with Crippen molar-refractivity contribution in [2.45, 2.75) is 45.1 Å². The quantitative estimate of drug-likeness (QED) is 0.474. The van der Waals surface area contributed by atoms with Crippen LogP contribution in [0.15, 0.2) is 12.7 Å². The highest BCUT2D eigenvalue weighted by Crippen LogP contribution is 2.53. The van der Waals surface area contributed by atoms with Crippen LogP contribution in [0.1, 0.15) is 39.5 Å². The molecule has 78 valence electrons. The van der Waals surface area contributed by atoms with Crippen LogP contribution >= 0.6 is 0 Å². The number of hydrogen-bond acceptors (Lipinski definition) is 2. The lowest BCUT2D eigenvalue weighted by Gasteiger charge is -2.45. The van der Waals surface area contributed by atoms with Gasteiger partial charge in [0.25, 0.3) is 0 Å². The molecule has 2 heteroatoms. The van der Waals surface area contributed by atoms with Crippen molar-refractivity contribution in [3.05, 3.63) is 12.7 Å². The van der Waals surface area contributed by atoms with Gasteiger partial charge in [-0.3, -0.25) is 4.79 Å². The highest BCUT2D eigenvalue weighted by Gasteiger charge is 2.54. The molecule has 0 radical (unpaired) electrons. The molecule has 0 aromatic rings. The first-order valence-electron chi connectivity index (χ1n) is 5.36. The van der Waals surface area contributed by atoms with E-state index in [0.717, 1.165) is 19.3 Å². The van der Waals surface area contributed by atoms with Crippen LogP contribution in [0, 0.1) is 11.3 Å². The van der Waals surface area contributed by atoms with E-state index in [2.05, 4.69) is 20.4 Å². The van der Waals surface area contributed by atoms with Crippen LogP contribution in [0.5, 0.6) is 0 Å². The predicted octanol–water partition coefficient (Wildman–Crippen LogP) is 2.68. The minimum atomic E-state index is -0.224. The summed E-state index contributed by atoms with van der Waals surface area (Å²) in [5.41, 5.74) is -0.141. The van der Waals surface area contributed by atoms with Gasteiger partial charge in [0, 0.05) is 5.92 Å². The number of carbonyl (C=O) groups excluding carboxylic acids is 1. The molecule has 0 unspecified atom stereocenters. The largest absolute Gasteiger partial charge is 0.459 e. The fraction of sp³-hybridized carbons (Fsp3) is 0.750. The van der Waals surface area contributed by atoms with Crippen LogP contribution in [-0.4, -0.2) is 11.6 Å². The summed E-state index contributed by atoms with van der Waals surface area (Å²) >= 11 is 0. The van der Waals surface area contributed by atoms with Crippen molar-refractivity contribution in [1.29, 1.82) is 0 Å². The highest BCUT2D eigenvalue weighted by atomic mass is 16.6. The number of fused-ring (bicyclic) bond motifs is 1. The van der Waals surface area contributed by atoms with Gasteiger partial charge in [-0.05, 0) is 31.6 Å². The second-order valence-electron chi connectivity index (χ2n) is 5.11. The Kier molecular flexibility index (Phi) is 1.98. The first-order valence-corrected chi connectivity index (χ1v) is 5.36. The third-order valence-electron chi connectivity index (χ3n) is 4.11. The molecule has 0 N–H and O–H groups in total. The number of carbonyl (C=O) groups is 1. The number of esters is 1. The molecule has 1 aliphatic carbocycles. The van der Waals surface area contributed by atoms with Crippen LogP contribution in [0.2, 0.25) is 0 Å². The third-order valence-corrected chi connectivity index (χ3v) is 4.11. The van der Waals surface area contributed by atoms with Gasteiger partial charge < -0.3 is 4.74 Å². The van der Waals surface area contributed by atoms with E-state index in [1.807, 2.05) is 6.08 Å². The van der Waals surface area contributed by atoms with Crippen molar-refractivity contribution >= 4 is 5.97 Å². The Bertz CT molecular complexity index is 284. The lowest BCUT2D eigenvalue weighted by atomic mass is 9.61. The minimum Gasteiger partial charge on any atom is -0.459 e. The highest BCUT2D eigenvalue weighted by molar-refractivity contribution is 5.73. The van der Waals surface area contributed by atoms with Crippen molar-refractivity contribution in [1.82, 2.24) is 0 Å². The summed E-state index contributed by atoms with van der Waals surface area (Å²) in [6.45, 7) is 8.18.